The Hall–Kier alpha value is -1.98. The predicted octanol–water partition coefficient (Wildman–Crippen LogP) is 4.88. The van der Waals surface area contributed by atoms with Gasteiger partial charge in [0.25, 0.3) is 0 Å². The highest BCUT2D eigenvalue weighted by molar-refractivity contribution is 6.30. The Labute approximate surface area is 130 Å². The van der Waals surface area contributed by atoms with Crippen LogP contribution in [0.1, 0.15) is 35.4 Å². The van der Waals surface area contributed by atoms with Crippen molar-refractivity contribution in [2.45, 2.75) is 31.7 Å². The summed E-state index contributed by atoms with van der Waals surface area (Å²) < 4.78 is 0. The fourth-order valence-corrected chi connectivity index (χ4v) is 3.03. The van der Waals surface area contributed by atoms with Crippen LogP contribution in [0.5, 0.6) is 0 Å². The third kappa shape index (κ3) is 3.04. The summed E-state index contributed by atoms with van der Waals surface area (Å²) in [5.41, 5.74) is 4.28. The van der Waals surface area contributed by atoms with Crippen LogP contribution in [0.25, 0.3) is 0 Å². The molecule has 1 N–H and O–H groups in total. The lowest BCUT2D eigenvalue weighted by atomic mass is 9.75. The average molecular weight is 297 g/mol. The second-order valence-corrected chi connectivity index (χ2v) is 6.14. The van der Waals surface area contributed by atoms with E-state index in [0.717, 1.165) is 23.6 Å². The highest BCUT2D eigenvalue weighted by Crippen LogP contribution is 2.39. The minimum atomic E-state index is 0.474. The van der Waals surface area contributed by atoms with Crippen molar-refractivity contribution in [3.8, 4) is 6.07 Å². The summed E-state index contributed by atoms with van der Waals surface area (Å²) in [6.07, 6.45) is 2.22. The summed E-state index contributed by atoms with van der Waals surface area (Å²) >= 11 is 6.04. The molecule has 21 heavy (non-hydrogen) atoms. The van der Waals surface area contributed by atoms with Gasteiger partial charge in [-0.1, -0.05) is 29.8 Å². The molecule has 0 bridgehead atoms. The van der Waals surface area contributed by atoms with E-state index in [2.05, 4.69) is 30.4 Å². The molecule has 1 aliphatic rings. The van der Waals surface area contributed by atoms with E-state index in [1.54, 1.807) is 0 Å². The van der Waals surface area contributed by atoms with E-state index in [1.165, 1.54) is 11.1 Å². The Kier molecular flexibility index (Phi) is 3.86. The van der Waals surface area contributed by atoms with E-state index < -0.39 is 0 Å². The van der Waals surface area contributed by atoms with Crippen molar-refractivity contribution in [3.05, 3.63) is 64.2 Å². The Bertz CT molecular complexity index is 697. The van der Waals surface area contributed by atoms with Gasteiger partial charge in [-0.05, 0) is 61.1 Å². The van der Waals surface area contributed by atoms with Crippen molar-refractivity contribution < 1.29 is 0 Å². The molecule has 0 amide bonds. The average Bonchev–Trinajstić information content (AvgIpc) is 2.44. The first-order valence-corrected chi connectivity index (χ1v) is 7.56. The molecule has 1 fully saturated rings. The first kappa shape index (κ1) is 14.0. The van der Waals surface area contributed by atoms with Crippen LogP contribution in [0.4, 0.5) is 5.69 Å². The van der Waals surface area contributed by atoms with Gasteiger partial charge in [0.15, 0.2) is 0 Å². The van der Waals surface area contributed by atoms with Gasteiger partial charge in [-0.15, -0.1) is 0 Å². The summed E-state index contributed by atoms with van der Waals surface area (Å²) in [6.45, 7) is 2.07. The molecular formula is C18H17ClN2. The van der Waals surface area contributed by atoms with E-state index in [1.807, 2.05) is 30.3 Å². The van der Waals surface area contributed by atoms with Gasteiger partial charge in [0.1, 0.15) is 0 Å². The van der Waals surface area contributed by atoms with Gasteiger partial charge in [-0.3, -0.25) is 0 Å². The molecule has 0 spiro atoms. The third-order valence-corrected chi connectivity index (χ3v) is 4.42. The summed E-state index contributed by atoms with van der Waals surface area (Å²) in [4.78, 5) is 0. The molecule has 2 nitrogen and oxygen atoms in total. The van der Waals surface area contributed by atoms with Crippen molar-refractivity contribution >= 4 is 17.3 Å². The number of hydrogen-bond donors (Lipinski definition) is 1. The molecule has 2 aromatic rings. The molecule has 1 aliphatic carbocycles. The maximum Gasteiger partial charge on any atom is 0.0992 e. The summed E-state index contributed by atoms with van der Waals surface area (Å²) in [6, 6.07) is 16.6. The van der Waals surface area contributed by atoms with Crippen molar-refractivity contribution in [1.82, 2.24) is 0 Å². The largest absolute Gasteiger partial charge is 0.382 e. The van der Waals surface area contributed by atoms with Crippen LogP contribution < -0.4 is 5.32 Å². The summed E-state index contributed by atoms with van der Waals surface area (Å²) in [5, 5.41) is 13.3. The minimum absolute atomic E-state index is 0.474. The van der Waals surface area contributed by atoms with Gasteiger partial charge in [0.2, 0.25) is 0 Å². The minimum Gasteiger partial charge on any atom is -0.382 e. The number of anilines is 1. The molecular weight excluding hydrogens is 280 g/mol. The molecule has 0 aliphatic heterocycles. The first-order chi connectivity index (χ1) is 10.2. The summed E-state index contributed by atoms with van der Waals surface area (Å²) in [7, 11) is 0. The maximum absolute atomic E-state index is 8.98. The molecule has 106 valence electrons. The first-order valence-electron chi connectivity index (χ1n) is 7.18. The molecule has 0 atom stereocenters. The van der Waals surface area contributed by atoms with E-state index in [9.17, 15) is 0 Å². The fraction of sp³-hybridized carbons (Fsp3) is 0.278. The number of rotatable bonds is 3. The number of nitrogens with one attached hydrogen (secondary N) is 1. The van der Waals surface area contributed by atoms with E-state index >= 15 is 0 Å². The fourth-order valence-electron chi connectivity index (χ4n) is 2.84. The van der Waals surface area contributed by atoms with Crippen molar-refractivity contribution in [2.24, 2.45) is 0 Å². The number of benzene rings is 2. The lowest BCUT2D eigenvalue weighted by Crippen LogP contribution is -2.34. The predicted molar refractivity (Wildman–Crippen MR) is 86.7 cm³/mol. The molecule has 0 heterocycles. The summed E-state index contributed by atoms with van der Waals surface area (Å²) in [5.74, 6) is 0.584. The second-order valence-electron chi connectivity index (χ2n) is 5.71. The van der Waals surface area contributed by atoms with Crippen LogP contribution in [-0.2, 0) is 0 Å². The highest BCUT2D eigenvalue weighted by atomic mass is 35.5. The zero-order valence-corrected chi connectivity index (χ0v) is 12.7. The standard InChI is InChI=1S/C18H17ClN2/c1-12-5-6-13(11-20)7-18(12)21-17-9-15(10-17)14-3-2-4-16(19)8-14/h2-8,15,17,21H,9-10H2,1H3. The normalized spacial score (nSPS) is 20.4. The Balaban J connectivity index is 1.64. The SMILES string of the molecule is Cc1ccc(C#N)cc1NC1CC(c2cccc(Cl)c2)C1. The Morgan fingerprint density at radius 2 is 2.00 bits per heavy atom. The molecule has 3 heteroatoms. The van der Waals surface area contributed by atoms with E-state index in [0.29, 0.717) is 17.5 Å². The molecule has 2 aromatic carbocycles. The zero-order valence-electron chi connectivity index (χ0n) is 11.9. The molecule has 1 saturated carbocycles. The van der Waals surface area contributed by atoms with Gasteiger partial charge in [0.05, 0.1) is 11.6 Å². The molecule has 0 aromatic heterocycles. The smallest absolute Gasteiger partial charge is 0.0992 e. The number of hydrogen-bond acceptors (Lipinski definition) is 2. The van der Waals surface area contributed by atoms with Crippen LogP contribution >= 0.6 is 11.6 Å². The monoisotopic (exact) mass is 296 g/mol. The van der Waals surface area contributed by atoms with Crippen LogP contribution in [0, 0.1) is 18.3 Å². The quantitative estimate of drug-likeness (QED) is 0.876. The lowest BCUT2D eigenvalue weighted by molar-refractivity contribution is 0.374. The van der Waals surface area contributed by atoms with Crippen molar-refractivity contribution in [2.75, 3.05) is 5.32 Å². The Morgan fingerprint density at radius 3 is 2.71 bits per heavy atom. The van der Waals surface area contributed by atoms with Gasteiger partial charge >= 0.3 is 0 Å². The second kappa shape index (κ2) is 5.79. The third-order valence-electron chi connectivity index (χ3n) is 4.18. The molecule has 0 unspecified atom stereocenters. The number of aryl methyl sites for hydroxylation is 1. The van der Waals surface area contributed by atoms with Crippen LogP contribution in [0.2, 0.25) is 5.02 Å². The number of halogens is 1. The molecule has 0 radical (unpaired) electrons. The lowest BCUT2D eigenvalue weighted by Gasteiger charge is -2.37. The number of nitriles is 1. The zero-order chi connectivity index (χ0) is 14.8. The topological polar surface area (TPSA) is 35.8 Å². The van der Waals surface area contributed by atoms with E-state index in [4.69, 9.17) is 16.9 Å². The van der Waals surface area contributed by atoms with Gasteiger partial charge in [-0.25, -0.2) is 0 Å². The number of nitrogens with zero attached hydrogens (tertiary/aromatic N) is 1. The maximum atomic E-state index is 8.98. The Morgan fingerprint density at radius 1 is 1.19 bits per heavy atom. The molecule has 3 rings (SSSR count). The van der Waals surface area contributed by atoms with Gasteiger partial charge in [0, 0.05) is 16.8 Å². The molecule has 0 saturated heterocycles. The highest BCUT2D eigenvalue weighted by Gasteiger charge is 2.30. The van der Waals surface area contributed by atoms with Gasteiger partial charge in [-0.2, -0.15) is 5.26 Å². The van der Waals surface area contributed by atoms with Crippen molar-refractivity contribution in [1.29, 1.82) is 5.26 Å². The van der Waals surface area contributed by atoms with Gasteiger partial charge < -0.3 is 5.32 Å². The van der Waals surface area contributed by atoms with Crippen LogP contribution in [0.3, 0.4) is 0 Å². The van der Waals surface area contributed by atoms with Crippen molar-refractivity contribution in [3.63, 3.8) is 0 Å². The van der Waals surface area contributed by atoms with Crippen LogP contribution in [-0.4, -0.2) is 6.04 Å². The van der Waals surface area contributed by atoms with E-state index in [-0.39, 0.29) is 0 Å². The van der Waals surface area contributed by atoms with Crippen LogP contribution in [0.15, 0.2) is 42.5 Å².